The molecule has 1 aliphatic carbocycles. The zero-order valence-corrected chi connectivity index (χ0v) is 15.0. The van der Waals surface area contributed by atoms with Crippen molar-refractivity contribution in [3.63, 3.8) is 0 Å². The van der Waals surface area contributed by atoms with E-state index >= 15 is 0 Å². The standard InChI is InChI=1S/C18H27ClN4/c1-12-4-5-15(19)9-17(12)23-7-6-14(11-23)10-21-18(20-3)22-16-8-13(16)2/h4-5,9,13-14,16H,6-8,10-11H2,1-3H3,(H2,20,21,22). The van der Waals surface area contributed by atoms with Gasteiger partial charge in [0.1, 0.15) is 0 Å². The van der Waals surface area contributed by atoms with Crippen LogP contribution in [-0.2, 0) is 0 Å². The molecule has 1 aromatic carbocycles. The highest BCUT2D eigenvalue weighted by Crippen LogP contribution is 2.30. The molecule has 0 aromatic heterocycles. The minimum Gasteiger partial charge on any atom is -0.371 e. The Morgan fingerprint density at radius 1 is 1.43 bits per heavy atom. The predicted octanol–water partition coefficient (Wildman–Crippen LogP) is 3.05. The van der Waals surface area contributed by atoms with Gasteiger partial charge in [-0.2, -0.15) is 0 Å². The van der Waals surface area contributed by atoms with Gasteiger partial charge in [0.05, 0.1) is 0 Å². The summed E-state index contributed by atoms with van der Waals surface area (Å²) in [6.07, 6.45) is 2.46. The number of anilines is 1. The van der Waals surface area contributed by atoms with Gasteiger partial charge in [-0.3, -0.25) is 4.99 Å². The molecule has 3 unspecified atom stereocenters. The zero-order chi connectivity index (χ0) is 16.4. The number of rotatable bonds is 4. The summed E-state index contributed by atoms with van der Waals surface area (Å²) in [6.45, 7) is 7.56. The molecule has 2 N–H and O–H groups in total. The van der Waals surface area contributed by atoms with Crippen LogP contribution in [0.1, 0.15) is 25.3 Å². The molecule has 3 rings (SSSR count). The van der Waals surface area contributed by atoms with Gasteiger partial charge in [-0.15, -0.1) is 0 Å². The molecule has 1 aromatic rings. The third-order valence-corrected chi connectivity index (χ3v) is 5.25. The monoisotopic (exact) mass is 334 g/mol. The lowest BCUT2D eigenvalue weighted by Gasteiger charge is -2.21. The maximum atomic E-state index is 6.16. The van der Waals surface area contributed by atoms with Crippen LogP contribution in [0.5, 0.6) is 0 Å². The van der Waals surface area contributed by atoms with Crippen LogP contribution in [0.2, 0.25) is 5.02 Å². The van der Waals surface area contributed by atoms with Crippen molar-refractivity contribution in [3.05, 3.63) is 28.8 Å². The Morgan fingerprint density at radius 2 is 2.22 bits per heavy atom. The van der Waals surface area contributed by atoms with E-state index in [1.54, 1.807) is 0 Å². The molecular weight excluding hydrogens is 308 g/mol. The van der Waals surface area contributed by atoms with Gasteiger partial charge in [0.15, 0.2) is 5.96 Å². The Labute approximate surface area is 144 Å². The number of nitrogens with one attached hydrogen (secondary N) is 2. The highest BCUT2D eigenvalue weighted by Gasteiger charge is 2.33. The highest BCUT2D eigenvalue weighted by molar-refractivity contribution is 6.30. The van der Waals surface area contributed by atoms with Gasteiger partial charge in [-0.25, -0.2) is 0 Å². The molecule has 1 aliphatic heterocycles. The number of hydrogen-bond donors (Lipinski definition) is 2. The molecule has 1 heterocycles. The summed E-state index contributed by atoms with van der Waals surface area (Å²) < 4.78 is 0. The summed E-state index contributed by atoms with van der Waals surface area (Å²) in [5, 5.41) is 7.78. The molecule has 4 nitrogen and oxygen atoms in total. The first-order valence-corrected chi connectivity index (χ1v) is 8.93. The van der Waals surface area contributed by atoms with E-state index in [-0.39, 0.29) is 0 Å². The Bertz CT molecular complexity index is 586. The van der Waals surface area contributed by atoms with Crippen molar-refractivity contribution in [3.8, 4) is 0 Å². The lowest BCUT2D eigenvalue weighted by Crippen LogP contribution is -2.41. The van der Waals surface area contributed by atoms with Gasteiger partial charge < -0.3 is 15.5 Å². The van der Waals surface area contributed by atoms with E-state index in [0.29, 0.717) is 12.0 Å². The van der Waals surface area contributed by atoms with Gasteiger partial charge in [0.2, 0.25) is 0 Å². The third-order valence-electron chi connectivity index (χ3n) is 5.01. The fraction of sp³-hybridized carbons (Fsp3) is 0.611. The molecule has 1 saturated carbocycles. The van der Waals surface area contributed by atoms with Crippen molar-refractivity contribution in [2.24, 2.45) is 16.8 Å². The quantitative estimate of drug-likeness (QED) is 0.656. The second kappa shape index (κ2) is 7.00. The van der Waals surface area contributed by atoms with E-state index < -0.39 is 0 Å². The number of aliphatic imine (C=N–C) groups is 1. The first-order valence-electron chi connectivity index (χ1n) is 8.55. The first-order chi connectivity index (χ1) is 11.1. The minimum absolute atomic E-state index is 0.607. The van der Waals surface area contributed by atoms with Gasteiger partial charge in [-0.1, -0.05) is 24.6 Å². The Morgan fingerprint density at radius 3 is 2.91 bits per heavy atom. The lowest BCUT2D eigenvalue weighted by atomic mass is 10.1. The summed E-state index contributed by atoms with van der Waals surface area (Å²) in [7, 11) is 1.85. The summed E-state index contributed by atoms with van der Waals surface area (Å²) in [4.78, 5) is 6.78. The third kappa shape index (κ3) is 4.11. The number of aryl methyl sites for hydroxylation is 1. The predicted molar refractivity (Wildman–Crippen MR) is 98.6 cm³/mol. The molecule has 0 spiro atoms. The number of halogens is 1. The molecule has 1 saturated heterocycles. The largest absolute Gasteiger partial charge is 0.371 e. The number of nitrogens with zero attached hydrogens (tertiary/aromatic N) is 2. The van der Waals surface area contributed by atoms with Crippen molar-refractivity contribution in [2.45, 2.75) is 32.7 Å². The first kappa shape index (κ1) is 16.4. The Hall–Kier alpha value is -1.42. The van der Waals surface area contributed by atoms with E-state index in [2.05, 4.69) is 46.5 Å². The topological polar surface area (TPSA) is 39.7 Å². The molecule has 126 valence electrons. The number of guanidine groups is 1. The van der Waals surface area contributed by atoms with E-state index in [1.165, 1.54) is 24.1 Å². The van der Waals surface area contributed by atoms with E-state index in [9.17, 15) is 0 Å². The summed E-state index contributed by atoms with van der Waals surface area (Å²) in [5.74, 6) is 2.36. The average Bonchev–Trinajstić information content (AvgIpc) is 3.03. The van der Waals surface area contributed by atoms with Crippen molar-refractivity contribution < 1.29 is 0 Å². The fourth-order valence-electron chi connectivity index (χ4n) is 3.28. The van der Waals surface area contributed by atoms with Crippen LogP contribution in [0.15, 0.2) is 23.2 Å². The van der Waals surface area contributed by atoms with Crippen molar-refractivity contribution in [1.29, 1.82) is 0 Å². The summed E-state index contributed by atoms with van der Waals surface area (Å²) in [6, 6.07) is 6.76. The van der Waals surface area contributed by atoms with Gasteiger partial charge in [0, 0.05) is 43.4 Å². The van der Waals surface area contributed by atoms with Crippen LogP contribution in [0.3, 0.4) is 0 Å². The minimum atomic E-state index is 0.607. The SMILES string of the molecule is CN=C(NCC1CCN(c2cc(Cl)ccc2C)C1)NC1CC1C. The summed E-state index contributed by atoms with van der Waals surface area (Å²) in [5.41, 5.74) is 2.57. The van der Waals surface area contributed by atoms with Crippen LogP contribution in [0.25, 0.3) is 0 Å². The van der Waals surface area contributed by atoms with Gasteiger partial charge >= 0.3 is 0 Å². The maximum absolute atomic E-state index is 6.16. The second-order valence-electron chi connectivity index (χ2n) is 6.95. The van der Waals surface area contributed by atoms with Crippen molar-refractivity contribution in [1.82, 2.24) is 10.6 Å². The van der Waals surface area contributed by atoms with Crippen molar-refractivity contribution >= 4 is 23.2 Å². The van der Waals surface area contributed by atoms with Crippen LogP contribution >= 0.6 is 11.6 Å². The van der Waals surface area contributed by atoms with E-state index in [4.69, 9.17) is 11.6 Å². The van der Waals surface area contributed by atoms with Crippen LogP contribution in [0, 0.1) is 18.8 Å². The smallest absolute Gasteiger partial charge is 0.191 e. The second-order valence-corrected chi connectivity index (χ2v) is 7.38. The molecule has 0 bridgehead atoms. The van der Waals surface area contributed by atoms with Crippen LogP contribution < -0.4 is 15.5 Å². The fourth-order valence-corrected chi connectivity index (χ4v) is 3.44. The molecule has 0 radical (unpaired) electrons. The molecule has 2 fully saturated rings. The Kier molecular flexibility index (Phi) is 5.00. The van der Waals surface area contributed by atoms with Gasteiger partial charge in [-0.05, 0) is 49.3 Å². The molecule has 2 aliphatic rings. The van der Waals surface area contributed by atoms with Crippen molar-refractivity contribution in [2.75, 3.05) is 31.6 Å². The highest BCUT2D eigenvalue weighted by atomic mass is 35.5. The average molecular weight is 335 g/mol. The Balaban J connectivity index is 1.50. The van der Waals surface area contributed by atoms with E-state index in [1.807, 2.05) is 13.1 Å². The molecule has 23 heavy (non-hydrogen) atoms. The molecular formula is C18H27ClN4. The zero-order valence-electron chi connectivity index (χ0n) is 14.3. The number of hydrogen-bond acceptors (Lipinski definition) is 2. The van der Waals surface area contributed by atoms with Gasteiger partial charge in [0.25, 0.3) is 0 Å². The maximum Gasteiger partial charge on any atom is 0.191 e. The van der Waals surface area contributed by atoms with E-state index in [0.717, 1.165) is 36.5 Å². The molecule has 0 amide bonds. The molecule has 5 heteroatoms. The molecule has 3 atom stereocenters. The summed E-state index contributed by atoms with van der Waals surface area (Å²) >= 11 is 6.16. The lowest BCUT2D eigenvalue weighted by molar-refractivity contribution is 0.564. The normalized spacial score (nSPS) is 27.2. The number of benzene rings is 1. The van der Waals surface area contributed by atoms with Crippen LogP contribution in [-0.4, -0.2) is 38.7 Å². The van der Waals surface area contributed by atoms with Crippen LogP contribution in [0.4, 0.5) is 5.69 Å².